The molecule has 0 aromatic rings. The predicted octanol–water partition coefficient (Wildman–Crippen LogP) is -0.759. The van der Waals surface area contributed by atoms with Crippen molar-refractivity contribution >= 4 is 21.9 Å². The summed E-state index contributed by atoms with van der Waals surface area (Å²) in [5.74, 6) is -1.44. The lowest BCUT2D eigenvalue weighted by Gasteiger charge is -2.36. The van der Waals surface area contributed by atoms with E-state index in [2.05, 4.69) is 23.8 Å². The Labute approximate surface area is 106 Å². The van der Waals surface area contributed by atoms with Crippen molar-refractivity contribution < 1.29 is 22.6 Å². The first-order valence-corrected chi connectivity index (χ1v) is 6.28. The van der Waals surface area contributed by atoms with Gasteiger partial charge >= 0.3 is 0 Å². The SMILES string of the molecule is C=CC(=O)NC(NC(=O)C=C)C(C)(C)S(=O)(=O)[O-]. The summed E-state index contributed by atoms with van der Waals surface area (Å²) in [5, 5.41) is 4.33. The predicted molar refractivity (Wildman–Crippen MR) is 64.2 cm³/mol. The summed E-state index contributed by atoms with van der Waals surface area (Å²) in [7, 11) is -4.76. The smallest absolute Gasteiger partial charge is 0.245 e. The van der Waals surface area contributed by atoms with Gasteiger partial charge in [0.05, 0.1) is 4.75 Å². The molecule has 0 rings (SSSR count). The third kappa shape index (κ3) is 3.97. The second kappa shape index (κ2) is 5.78. The molecule has 0 saturated carbocycles. The molecule has 0 aromatic carbocycles. The molecular weight excluding hydrogens is 260 g/mol. The van der Waals surface area contributed by atoms with E-state index in [-0.39, 0.29) is 0 Å². The summed E-state index contributed by atoms with van der Waals surface area (Å²) in [5.41, 5.74) is 0. The Balaban J connectivity index is 5.32. The molecule has 8 heteroatoms. The van der Waals surface area contributed by atoms with E-state index in [1.807, 2.05) is 0 Å². The van der Waals surface area contributed by atoms with Gasteiger partial charge in [-0.25, -0.2) is 8.42 Å². The number of nitrogens with one attached hydrogen (secondary N) is 2. The van der Waals surface area contributed by atoms with Gasteiger partial charge < -0.3 is 15.2 Å². The fraction of sp³-hybridized carbons (Fsp3) is 0.400. The minimum Gasteiger partial charge on any atom is -0.747 e. The summed E-state index contributed by atoms with van der Waals surface area (Å²) < 4.78 is 31.4. The molecule has 0 bridgehead atoms. The monoisotopic (exact) mass is 275 g/mol. The first-order valence-electron chi connectivity index (χ1n) is 4.87. The topological polar surface area (TPSA) is 115 Å². The molecule has 0 spiro atoms. The Morgan fingerprint density at radius 3 is 1.72 bits per heavy atom. The highest BCUT2D eigenvalue weighted by atomic mass is 32.2. The van der Waals surface area contributed by atoms with Crippen molar-refractivity contribution in [3.63, 3.8) is 0 Å². The largest absolute Gasteiger partial charge is 0.747 e. The van der Waals surface area contributed by atoms with Gasteiger partial charge in [-0.2, -0.15) is 0 Å². The molecule has 0 radical (unpaired) electrons. The maximum atomic E-state index is 11.2. The van der Waals surface area contributed by atoms with E-state index < -0.39 is 32.8 Å². The van der Waals surface area contributed by atoms with Crippen LogP contribution in [-0.2, 0) is 19.7 Å². The normalized spacial score (nSPS) is 11.8. The van der Waals surface area contributed by atoms with E-state index in [0.29, 0.717) is 0 Å². The molecule has 0 unspecified atom stereocenters. The molecule has 0 fully saturated rings. The van der Waals surface area contributed by atoms with Crippen LogP contribution in [0.2, 0.25) is 0 Å². The Morgan fingerprint density at radius 2 is 1.50 bits per heavy atom. The van der Waals surface area contributed by atoms with Crippen LogP contribution in [0.1, 0.15) is 13.8 Å². The van der Waals surface area contributed by atoms with Crippen molar-refractivity contribution in [2.45, 2.75) is 24.8 Å². The Kier molecular flexibility index (Phi) is 5.25. The fourth-order valence-corrected chi connectivity index (χ4v) is 1.34. The second-order valence-electron chi connectivity index (χ2n) is 3.92. The van der Waals surface area contributed by atoms with Gasteiger partial charge in [0.1, 0.15) is 16.3 Å². The van der Waals surface area contributed by atoms with Gasteiger partial charge in [0.25, 0.3) is 0 Å². The van der Waals surface area contributed by atoms with Crippen molar-refractivity contribution in [3.05, 3.63) is 25.3 Å². The average Bonchev–Trinajstić information content (AvgIpc) is 2.25. The Bertz CT molecular complexity index is 445. The molecule has 102 valence electrons. The van der Waals surface area contributed by atoms with Crippen LogP contribution >= 0.6 is 0 Å². The van der Waals surface area contributed by atoms with Gasteiger partial charge in [0.15, 0.2) is 0 Å². The molecule has 2 amide bonds. The number of carbonyl (C=O) groups is 2. The molecule has 0 aliphatic carbocycles. The molecule has 0 saturated heterocycles. The van der Waals surface area contributed by atoms with Crippen molar-refractivity contribution in [2.24, 2.45) is 0 Å². The van der Waals surface area contributed by atoms with Crippen LogP contribution in [0, 0.1) is 0 Å². The summed E-state index contributed by atoms with van der Waals surface area (Å²) in [6, 6.07) is 0. The van der Waals surface area contributed by atoms with Crippen LogP contribution in [0.5, 0.6) is 0 Å². The van der Waals surface area contributed by atoms with Crippen LogP contribution in [0.3, 0.4) is 0 Å². The Morgan fingerprint density at radius 1 is 1.17 bits per heavy atom. The summed E-state index contributed by atoms with van der Waals surface area (Å²) in [6.45, 7) is 8.55. The zero-order chi connectivity index (χ0) is 14.6. The van der Waals surface area contributed by atoms with E-state index in [9.17, 15) is 22.6 Å². The summed E-state index contributed by atoms with van der Waals surface area (Å²) >= 11 is 0. The lowest BCUT2D eigenvalue weighted by Crippen LogP contribution is -2.61. The lowest BCUT2D eigenvalue weighted by atomic mass is 10.1. The third-order valence-electron chi connectivity index (χ3n) is 2.28. The van der Waals surface area contributed by atoms with Crippen molar-refractivity contribution in [1.29, 1.82) is 0 Å². The summed E-state index contributed by atoms with van der Waals surface area (Å²) in [4.78, 5) is 22.3. The van der Waals surface area contributed by atoms with Gasteiger partial charge in [0, 0.05) is 0 Å². The average molecular weight is 275 g/mol. The van der Waals surface area contributed by atoms with Crippen LogP contribution in [0.25, 0.3) is 0 Å². The van der Waals surface area contributed by atoms with E-state index in [0.717, 1.165) is 26.0 Å². The molecule has 0 aromatic heterocycles. The lowest BCUT2D eigenvalue weighted by molar-refractivity contribution is -0.120. The molecule has 2 N–H and O–H groups in total. The van der Waals surface area contributed by atoms with Gasteiger partial charge in [0.2, 0.25) is 11.8 Å². The zero-order valence-corrected chi connectivity index (χ0v) is 10.9. The van der Waals surface area contributed by atoms with Gasteiger partial charge in [-0.05, 0) is 26.0 Å². The Hall–Kier alpha value is -1.67. The van der Waals surface area contributed by atoms with E-state index in [1.165, 1.54) is 0 Å². The fourth-order valence-electron chi connectivity index (χ4n) is 0.930. The van der Waals surface area contributed by atoms with Gasteiger partial charge in [-0.3, -0.25) is 9.59 Å². The minimum absolute atomic E-state index is 0.721. The molecular formula is C10H15N2O5S-. The number of hydrogen-bond acceptors (Lipinski definition) is 5. The summed E-state index contributed by atoms with van der Waals surface area (Å²) in [6.07, 6.45) is 0.386. The molecule has 0 atom stereocenters. The zero-order valence-electron chi connectivity index (χ0n) is 10.1. The van der Waals surface area contributed by atoms with Crippen molar-refractivity contribution in [3.8, 4) is 0 Å². The number of hydrogen-bond donors (Lipinski definition) is 2. The van der Waals surface area contributed by atoms with Crippen molar-refractivity contribution in [1.82, 2.24) is 10.6 Å². The highest BCUT2D eigenvalue weighted by molar-refractivity contribution is 7.87. The van der Waals surface area contributed by atoms with Crippen LogP contribution < -0.4 is 10.6 Å². The highest BCUT2D eigenvalue weighted by Crippen LogP contribution is 2.18. The van der Waals surface area contributed by atoms with Crippen LogP contribution in [0.4, 0.5) is 0 Å². The third-order valence-corrected chi connectivity index (χ3v) is 3.81. The maximum absolute atomic E-state index is 11.2. The quantitative estimate of drug-likeness (QED) is 0.375. The van der Waals surface area contributed by atoms with Crippen LogP contribution in [0.15, 0.2) is 25.3 Å². The highest BCUT2D eigenvalue weighted by Gasteiger charge is 2.37. The van der Waals surface area contributed by atoms with Crippen LogP contribution in [-0.4, -0.2) is 35.7 Å². The maximum Gasteiger partial charge on any atom is 0.245 e. The van der Waals surface area contributed by atoms with E-state index in [1.54, 1.807) is 0 Å². The second-order valence-corrected chi connectivity index (χ2v) is 5.88. The standard InChI is InChI=1S/C10H16N2O5S/c1-5-7(13)11-9(12-8(14)6-2)10(3,4)18(15,16)17/h5-6,9H,1-2H2,3-4H3,(H,11,13)(H,12,14)(H,15,16,17)/p-1. The van der Waals surface area contributed by atoms with E-state index >= 15 is 0 Å². The van der Waals surface area contributed by atoms with Gasteiger partial charge in [-0.1, -0.05) is 13.2 Å². The molecule has 18 heavy (non-hydrogen) atoms. The molecule has 0 aliphatic heterocycles. The first kappa shape index (κ1) is 16.3. The molecule has 7 nitrogen and oxygen atoms in total. The number of amides is 2. The van der Waals surface area contributed by atoms with Gasteiger partial charge in [-0.15, -0.1) is 0 Å². The van der Waals surface area contributed by atoms with Crippen molar-refractivity contribution in [2.75, 3.05) is 0 Å². The minimum atomic E-state index is -4.76. The molecule has 0 aliphatic rings. The first-order chi connectivity index (χ1) is 8.06. The molecule has 0 heterocycles. The number of carbonyl (C=O) groups excluding carboxylic acids is 2. The number of rotatable bonds is 6. The van der Waals surface area contributed by atoms with E-state index in [4.69, 9.17) is 0 Å².